The van der Waals surface area contributed by atoms with Crippen LogP contribution in [0.4, 0.5) is 0 Å². The molecule has 1 spiro atoms. The second-order valence-electron chi connectivity index (χ2n) is 4.58. The van der Waals surface area contributed by atoms with Gasteiger partial charge < -0.3 is 10.1 Å². The van der Waals surface area contributed by atoms with Gasteiger partial charge in [-0.05, 0) is 19.3 Å². The van der Waals surface area contributed by atoms with Crippen LogP contribution in [0.25, 0.3) is 0 Å². The second-order valence-corrected chi connectivity index (χ2v) is 4.58. The summed E-state index contributed by atoms with van der Waals surface area (Å²) in [5.74, 6) is 0.198. The molecule has 14 heavy (non-hydrogen) atoms. The Bertz CT molecular complexity index is 241. The molecule has 0 aromatic carbocycles. The van der Waals surface area contributed by atoms with E-state index in [-0.39, 0.29) is 17.4 Å². The molecule has 2 aliphatic heterocycles. The average Bonchev–Trinajstić information content (AvgIpc) is 2.71. The van der Waals surface area contributed by atoms with Gasteiger partial charge in [-0.3, -0.25) is 4.79 Å². The first-order valence-electron chi connectivity index (χ1n) is 5.62. The maximum absolute atomic E-state index is 11.3. The average molecular weight is 197 g/mol. The summed E-state index contributed by atoms with van der Waals surface area (Å²) in [6, 6.07) is 0. The molecule has 3 atom stereocenters. The van der Waals surface area contributed by atoms with Crippen molar-refractivity contribution in [1.82, 2.24) is 5.32 Å². The van der Waals surface area contributed by atoms with Gasteiger partial charge in [0.15, 0.2) is 0 Å². The third-order valence-corrected chi connectivity index (χ3v) is 3.65. The standard InChI is InChI=1S/C11H19NO2/c1-3-8-5-11(9(4-2)14-8)6-10(13)12-7-11/h8-9H,3-7H2,1-2H3,(H,12,13). The minimum absolute atomic E-state index is 0.118. The van der Waals surface area contributed by atoms with Crippen molar-refractivity contribution in [3.05, 3.63) is 0 Å². The molecule has 3 nitrogen and oxygen atoms in total. The topological polar surface area (TPSA) is 38.3 Å². The van der Waals surface area contributed by atoms with Crippen LogP contribution in [0.3, 0.4) is 0 Å². The smallest absolute Gasteiger partial charge is 0.220 e. The summed E-state index contributed by atoms with van der Waals surface area (Å²) in [5, 5.41) is 2.94. The van der Waals surface area contributed by atoms with Gasteiger partial charge in [0, 0.05) is 18.4 Å². The van der Waals surface area contributed by atoms with Gasteiger partial charge in [0.1, 0.15) is 0 Å². The van der Waals surface area contributed by atoms with Crippen molar-refractivity contribution in [3.63, 3.8) is 0 Å². The Labute approximate surface area is 85.2 Å². The van der Waals surface area contributed by atoms with Crippen LogP contribution in [0.5, 0.6) is 0 Å². The number of nitrogens with one attached hydrogen (secondary N) is 1. The van der Waals surface area contributed by atoms with E-state index in [0.717, 1.165) is 25.8 Å². The number of carbonyl (C=O) groups excluding carboxylic acids is 1. The molecule has 0 aliphatic carbocycles. The molecule has 0 saturated carbocycles. The van der Waals surface area contributed by atoms with Gasteiger partial charge in [0.2, 0.25) is 5.91 Å². The van der Waals surface area contributed by atoms with Crippen LogP contribution in [0.2, 0.25) is 0 Å². The van der Waals surface area contributed by atoms with Crippen LogP contribution in [0, 0.1) is 5.41 Å². The van der Waals surface area contributed by atoms with Crippen LogP contribution in [0.1, 0.15) is 39.5 Å². The van der Waals surface area contributed by atoms with Crippen LogP contribution in [-0.2, 0) is 9.53 Å². The van der Waals surface area contributed by atoms with Crippen LogP contribution in [0.15, 0.2) is 0 Å². The Hall–Kier alpha value is -0.570. The van der Waals surface area contributed by atoms with Crippen molar-refractivity contribution in [2.24, 2.45) is 5.41 Å². The normalized spacial score (nSPS) is 42.0. The highest BCUT2D eigenvalue weighted by atomic mass is 16.5. The fourth-order valence-corrected chi connectivity index (χ4v) is 2.87. The molecule has 2 fully saturated rings. The summed E-state index contributed by atoms with van der Waals surface area (Å²) in [6.07, 6.45) is 4.46. The van der Waals surface area contributed by atoms with Gasteiger partial charge >= 0.3 is 0 Å². The van der Waals surface area contributed by atoms with E-state index in [4.69, 9.17) is 4.74 Å². The molecule has 0 radical (unpaired) electrons. The first-order chi connectivity index (χ1) is 6.70. The Morgan fingerprint density at radius 1 is 1.50 bits per heavy atom. The molecule has 0 bridgehead atoms. The van der Waals surface area contributed by atoms with E-state index in [1.807, 2.05) is 0 Å². The van der Waals surface area contributed by atoms with Gasteiger partial charge in [-0.1, -0.05) is 13.8 Å². The molecule has 1 amide bonds. The highest BCUT2D eigenvalue weighted by Crippen LogP contribution is 2.45. The Kier molecular flexibility index (Phi) is 2.52. The highest BCUT2D eigenvalue weighted by Gasteiger charge is 2.51. The number of rotatable bonds is 2. The van der Waals surface area contributed by atoms with Crippen molar-refractivity contribution >= 4 is 5.91 Å². The fourth-order valence-electron chi connectivity index (χ4n) is 2.87. The van der Waals surface area contributed by atoms with Gasteiger partial charge in [-0.2, -0.15) is 0 Å². The SMILES string of the molecule is CCC1CC2(CNC(=O)C2)C(CC)O1. The zero-order valence-electron chi connectivity index (χ0n) is 9.01. The quantitative estimate of drug-likeness (QED) is 0.728. The van der Waals surface area contributed by atoms with E-state index in [0.29, 0.717) is 12.5 Å². The summed E-state index contributed by atoms with van der Waals surface area (Å²) >= 11 is 0. The molecule has 2 heterocycles. The lowest BCUT2D eigenvalue weighted by atomic mass is 9.77. The molecule has 2 saturated heterocycles. The van der Waals surface area contributed by atoms with E-state index in [2.05, 4.69) is 19.2 Å². The number of hydrogen-bond acceptors (Lipinski definition) is 2. The molecular weight excluding hydrogens is 178 g/mol. The number of ether oxygens (including phenoxy) is 1. The molecular formula is C11H19NO2. The van der Waals surface area contributed by atoms with E-state index in [1.54, 1.807) is 0 Å². The van der Waals surface area contributed by atoms with Crippen molar-refractivity contribution in [2.45, 2.75) is 51.7 Å². The highest BCUT2D eigenvalue weighted by molar-refractivity contribution is 5.79. The molecule has 0 aromatic rings. The second kappa shape index (κ2) is 3.54. The van der Waals surface area contributed by atoms with Crippen LogP contribution >= 0.6 is 0 Å². The third-order valence-electron chi connectivity index (χ3n) is 3.65. The summed E-state index contributed by atoms with van der Waals surface area (Å²) in [7, 11) is 0. The summed E-state index contributed by atoms with van der Waals surface area (Å²) in [6.45, 7) is 5.12. The zero-order valence-corrected chi connectivity index (χ0v) is 9.01. The minimum atomic E-state index is 0.118. The van der Waals surface area contributed by atoms with E-state index < -0.39 is 0 Å². The lowest BCUT2D eigenvalue weighted by Crippen LogP contribution is -2.32. The summed E-state index contributed by atoms with van der Waals surface area (Å²) in [4.78, 5) is 11.3. The molecule has 3 unspecified atom stereocenters. The molecule has 0 aromatic heterocycles. The molecule has 1 N–H and O–H groups in total. The lowest BCUT2D eigenvalue weighted by molar-refractivity contribution is -0.120. The largest absolute Gasteiger partial charge is 0.374 e. The van der Waals surface area contributed by atoms with Crippen molar-refractivity contribution in [2.75, 3.05) is 6.54 Å². The lowest BCUT2D eigenvalue weighted by Gasteiger charge is -2.26. The van der Waals surface area contributed by atoms with Crippen molar-refractivity contribution in [3.8, 4) is 0 Å². The fraction of sp³-hybridized carbons (Fsp3) is 0.909. The van der Waals surface area contributed by atoms with Crippen LogP contribution < -0.4 is 5.32 Å². The number of carbonyl (C=O) groups is 1. The predicted molar refractivity (Wildman–Crippen MR) is 53.9 cm³/mol. The summed E-state index contributed by atoms with van der Waals surface area (Å²) in [5.41, 5.74) is 0.118. The summed E-state index contributed by atoms with van der Waals surface area (Å²) < 4.78 is 5.95. The maximum atomic E-state index is 11.3. The van der Waals surface area contributed by atoms with Gasteiger partial charge in [0.05, 0.1) is 12.2 Å². The van der Waals surface area contributed by atoms with Gasteiger partial charge in [-0.25, -0.2) is 0 Å². The Morgan fingerprint density at radius 3 is 2.79 bits per heavy atom. The molecule has 2 rings (SSSR count). The minimum Gasteiger partial charge on any atom is -0.374 e. The van der Waals surface area contributed by atoms with Crippen molar-refractivity contribution < 1.29 is 9.53 Å². The van der Waals surface area contributed by atoms with E-state index in [1.165, 1.54) is 0 Å². The molecule has 2 aliphatic rings. The molecule has 80 valence electrons. The predicted octanol–water partition coefficient (Wildman–Crippen LogP) is 1.47. The first kappa shape index (κ1) is 9.97. The Morgan fingerprint density at radius 2 is 2.29 bits per heavy atom. The first-order valence-corrected chi connectivity index (χ1v) is 5.62. The zero-order chi connectivity index (χ0) is 10.2. The third kappa shape index (κ3) is 1.44. The van der Waals surface area contributed by atoms with Gasteiger partial charge in [0.25, 0.3) is 0 Å². The monoisotopic (exact) mass is 197 g/mol. The van der Waals surface area contributed by atoms with E-state index in [9.17, 15) is 4.79 Å². The maximum Gasteiger partial charge on any atom is 0.220 e. The number of hydrogen-bond donors (Lipinski definition) is 1. The van der Waals surface area contributed by atoms with Gasteiger partial charge in [-0.15, -0.1) is 0 Å². The van der Waals surface area contributed by atoms with Crippen LogP contribution in [-0.4, -0.2) is 24.7 Å². The van der Waals surface area contributed by atoms with E-state index >= 15 is 0 Å². The number of amides is 1. The molecule has 3 heteroatoms. The van der Waals surface area contributed by atoms with Crippen molar-refractivity contribution in [1.29, 1.82) is 0 Å². The Balaban J connectivity index is 2.13.